The Morgan fingerprint density at radius 1 is 1.14 bits per heavy atom. The zero-order valence-electron chi connectivity index (χ0n) is 11.9. The van der Waals surface area contributed by atoms with E-state index in [1.165, 1.54) is 0 Å². The zero-order valence-corrected chi connectivity index (χ0v) is 11.9. The molecule has 0 amide bonds. The molecular formula is C17H16N4. The van der Waals surface area contributed by atoms with Gasteiger partial charge in [-0.25, -0.2) is 4.98 Å². The van der Waals surface area contributed by atoms with Gasteiger partial charge in [-0.1, -0.05) is 12.1 Å². The summed E-state index contributed by atoms with van der Waals surface area (Å²) >= 11 is 0. The highest BCUT2D eigenvalue weighted by Crippen LogP contribution is 2.17. The number of nitrogens with zero attached hydrogens (tertiary/aromatic N) is 3. The first kappa shape index (κ1) is 13.2. The van der Waals surface area contributed by atoms with Crippen LogP contribution < -0.4 is 5.32 Å². The molecule has 0 spiro atoms. The van der Waals surface area contributed by atoms with Crippen molar-refractivity contribution in [2.45, 2.75) is 20.0 Å². The molecule has 0 saturated carbocycles. The lowest BCUT2D eigenvalue weighted by Gasteiger charge is -2.08. The first-order chi connectivity index (χ1) is 10.3. The van der Waals surface area contributed by atoms with E-state index in [4.69, 9.17) is 5.26 Å². The molecule has 0 aliphatic heterocycles. The second-order valence-corrected chi connectivity index (χ2v) is 4.80. The fraction of sp³-hybridized carbons (Fsp3) is 0.176. The second-order valence-electron chi connectivity index (χ2n) is 4.80. The highest BCUT2D eigenvalue weighted by atomic mass is 15.1. The summed E-state index contributed by atoms with van der Waals surface area (Å²) in [6.07, 6.45) is 0. The van der Waals surface area contributed by atoms with E-state index < -0.39 is 0 Å². The number of rotatable bonds is 4. The molecule has 0 aliphatic rings. The van der Waals surface area contributed by atoms with E-state index in [-0.39, 0.29) is 0 Å². The number of nitrogens with one attached hydrogen (secondary N) is 1. The van der Waals surface area contributed by atoms with E-state index in [0.717, 1.165) is 29.1 Å². The molecule has 21 heavy (non-hydrogen) atoms. The summed E-state index contributed by atoms with van der Waals surface area (Å²) in [6.45, 7) is 3.68. The minimum absolute atomic E-state index is 0.661. The molecule has 104 valence electrons. The van der Waals surface area contributed by atoms with Crippen LogP contribution in [-0.2, 0) is 13.1 Å². The van der Waals surface area contributed by atoms with Gasteiger partial charge in [0.25, 0.3) is 0 Å². The average Bonchev–Trinajstić information content (AvgIpc) is 2.91. The third-order valence-corrected chi connectivity index (χ3v) is 3.51. The van der Waals surface area contributed by atoms with Gasteiger partial charge in [-0.2, -0.15) is 5.26 Å². The van der Waals surface area contributed by atoms with Crippen molar-refractivity contribution in [1.82, 2.24) is 9.55 Å². The Morgan fingerprint density at radius 2 is 1.90 bits per heavy atom. The summed E-state index contributed by atoms with van der Waals surface area (Å²) in [6, 6.07) is 17.7. The molecule has 1 N–H and O–H groups in total. The maximum Gasteiger partial charge on any atom is 0.129 e. The summed E-state index contributed by atoms with van der Waals surface area (Å²) in [5, 5.41) is 12.2. The second kappa shape index (κ2) is 5.68. The van der Waals surface area contributed by atoms with Crippen molar-refractivity contribution in [2.75, 3.05) is 5.32 Å². The number of hydrogen-bond donors (Lipinski definition) is 1. The van der Waals surface area contributed by atoms with Crippen LogP contribution in [0, 0.1) is 11.3 Å². The molecule has 0 radical (unpaired) electrons. The van der Waals surface area contributed by atoms with Gasteiger partial charge in [-0.15, -0.1) is 0 Å². The van der Waals surface area contributed by atoms with E-state index in [9.17, 15) is 0 Å². The Balaban J connectivity index is 1.82. The third-order valence-electron chi connectivity index (χ3n) is 3.51. The predicted octanol–water partition coefficient (Wildman–Crippen LogP) is 3.54. The molecular weight excluding hydrogens is 260 g/mol. The summed E-state index contributed by atoms with van der Waals surface area (Å²) in [4.78, 5) is 4.68. The molecule has 2 aromatic carbocycles. The first-order valence-electron chi connectivity index (χ1n) is 7.00. The lowest BCUT2D eigenvalue weighted by Crippen LogP contribution is -2.07. The smallest absolute Gasteiger partial charge is 0.129 e. The summed E-state index contributed by atoms with van der Waals surface area (Å²) in [5.41, 5.74) is 3.85. The summed E-state index contributed by atoms with van der Waals surface area (Å²) in [7, 11) is 0. The quantitative estimate of drug-likeness (QED) is 0.793. The topological polar surface area (TPSA) is 53.6 Å². The molecule has 0 unspecified atom stereocenters. The Morgan fingerprint density at radius 3 is 2.62 bits per heavy atom. The largest absolute Gasteiger partial charge is 0.378 e. The van der Waals surface area contributed by atoms with Crippen LogP contribution in [-0.4, -0.2) is 9.55 Å². The SMILES string of the molecule is CCn1c(CNc2ccc(C#N)cc2)nc2ccccc21. The molecule has 4 nitrogen and oxygen atoms in total. The van der Waals surface area contributed by atoms with Crippen molar-refractivity contribution in [3.63, 3.8) is 0 Å². The number of aromatic nitrogens is 2. The van der Waals surface area contributed by atoms with Crippen LogP contribution in [0.25, 0.3) is 11.0 Å². The van der Waals surface area contributed by atoms with Crippen molar-refractivity contribution in [3.8, 4) is 6.07 Å². The van der Waals surface area contributed by atoms with Gasteiger partial charge in [0.1, 0.15) is 5.82 Å². The van der Waals surface area contributed by atoms with E-state index in [1.807, 2.05) is 42.5 Å². The number of nitriles is 1. The number of aryl methyl sites for hydroxylation is 1. The molecule has 0 aliphatic carbocycles. The molecule has 0 atom stereocenters. The lowest BCUT2D eigenvalue weighted by molar-refractivity contribution is 0.729. The van der Waals surface area contributed by atoms with E-state index in [2.05, 4.69) is 33.9 Å². The van der Waals surface area contributed by atoms with Gasteiger partial charge < -0.3 is 9.88 Å². The van der Waals surface area contributed by atoms with Crippen molar-refractivity contribution in [2.24, 2.45) is 0 Å². The fourth-order valence-corrected chi connectivity index (χ4v) is 2.46. The van der Waals surface area contributed by atoms with E-state index >= 15 is 0 Å². The Hall–Kier alpha value is -2.80. The van der Waals surface area contributed by atoms with E-state index in [0.29, 0.717) is 12.1 Å². The van der Waals surface area contributed by atoms with Crippen molar-refractivity contribution < 1.29 is 0 Å². The van der Waals surface area contributed by atoms with Crippen molar-refractivity contribution in [3.05, 3.63) is 59.9 Å². The van der Waals surface area contributed by atoms with Gasteiger partial charge in [0.15, 0.2) is 0 Å². The zero-order chi connectivity index (χ0) is 14.7. The molecule has 3 rings (SSSR count). The Kier molecular flexibility index (Phi) is 3.57. The Bertz CT molecular complexity index is 794. The normalized spacial score (nSPS) is 10.5. The third kappa shape index (κ3) is 2.59. The fourth-order valence-electron chi connectivity index (χ4n) is 2.46. The number of imidazole rings is 1. The number of para-hydroxylation sites is 2. The number of anilines is 1. The van der Waals surface area contributed by atoms with Crippen LogP contribution in [0.1, 0.15) is 18.3 Å². The molecule has 1 heterocycles. The van der Waals surface area contributed by atoms with Crippen LogP contribution in [0.2, 0.25) is 0 Å². The van der Waals surface area contributed by atoms with Crippen LogP contribution in [0.4, 0.5) is 5.69 Å². The molecule has 3 aromatic rings. The highest BCUT2D eigenvalue weighted by Gasteiger charge is 2.08. The van der Waals surface area contributed by atoms with Crippen LogP contribution in [0.3, 0.4) is 0 Å². The highest BCUT2D eigenvalue weighted by molar-refractivity contribution is 5.76. The summed E-state index contributed by atoms with van der Waals surface area (Å²) < 4.78 is 2.21. The molecule has 0 bridgehead atoms. The van der Waals surface area contributed by atoms with Gasteiger partial charge >= 0.3 is 0 Å². The van der Waals surface area contributed by atoms with Crippen molar-refractivity contribution in [1.29, 1.82) is 5.26 Å². The van der Waals surface area contributed by atoms with Gasteiger partial charge in [-0.05, 0) is 43.3 Å². The van der Waals surface area contributed by atoms with Gasteiger partial charge in [0, 0.05) is 12.2 Å². The number of hydrogen-bond acceptors (Lipinski definition) is 3. The van der Waals surface area contributed by atoms with Gasteiger partial charge in [0.2, 0.25) is 0 Å². The minimum atomic E-state index is 0.661. The maximum atomic E-state index is 8.80. The van der Waals surface area contributed by atoms with Crippen LogP contribution >= 0.6 is 0 Å². The Labute approximate surface area is 123 Å². The number of fused-ring (bicyclic) bond motifs is 1. The van der Waals surface area contributed by atoms with Crippen LogP contribution in [0.15, 0.2) is 48.5 Å². The monoisotopic (exact) mass is 276 g/mol. The van der Waals surface area contributed by atoms with E-state index in [1.54, 1.807) is 0 Å². The van der Waals surface area contributed by atoms with Crippen molar-refractivity contribution >= 4 is 16.7 Å². The lowest BCUT2D eigenvalue weighted by atomic mass is 10.2. The van der Waals surface area contributed by atoms with Gasteiger partial charge in [-0.3, -0.25) is 0 Å². The molecule has 1 aromatic heterocycles. The predicted molar refractivity (Wildman–Crippen MR) is 83.9 cm³/mol. The average molecular weight is 276 g/mol. The maximum absolute atomic E-state index is 8.80. The molecule has 0 fully saturated rings. The first-order valence-corrected chi connectivity index (χ1v) is 7.00. The van der Waals surface area contributed by atoms with Crippen LogP contribution in [0.5, 0.6) is 0 Å². The molecule has 0 saturated heterocycles. The molecule has 4 heteroatoms. The number of benzene rings is 2. The standard InChI is InChI=1S/C17H16N4/c1-2-21-16-6-4-3-5-15(16)20-17(21)12-19-14-9-7-13(11-18)8-10-14/h3-10,19H,2,12H2,1H3. The summed E-state index contributed by atoms with van der Waals surface area (Å²) in [5.74, 6) is 1.02. The van der Waals surface area contributed by atoms with Gasteiger partial charge in [0.05, 0.1) is 29.2 Å². The minimum Gasteiger partial charge on any atom is -0.378 e.